The average Bonchev–Trinajstić information content (AvgIpc) is 2.22. The second-order valence-corrected chi connectivity index (χ2v) is 8.42. The molecule has 0 unspecified atom stereocenters. The van der Waals surface area contributed by atoms with E-state index in [1.165, 1.54) is 12.1 Å². The Morgan fingerprint density at radius 1 is 1.21 bits per heavy atom. The minimum absolute atomic E-state index is 0.0409. The first-order valence-corrected chi connectivity index (χ1v) is 9.19. The van der Waals surface area contributed by atoms with Crippen LogP contribution in [0, 0.1) is 0 Å². The van der Waals surface area contributed by atoms with Crippen molar-refractivity contribution >= 4 is 25.5 Å². The van der Waals surface area contributed by atoms with E-state index in [2.05, 4.69) is 4.72 Å². The van der Waals surface area contributed by atoms with Gasteiger partial charge in [0.2, 0.25) is 10.0 Å². The predicted octanol–water partition coefficient (Wildman–Crippen LogP) is 0.503. The van der Waals surface area contributed by atoms with Gasteiger partial charge in [0.25, 0.3) is 0 Å². The Hall–Kier alpha value is -1.12. The van der Waals surface area contributed by atoms with E-state index in [4.69, 9.17) is 5.73 Å². The summed E-state index contributed by atoms with van der Waals surface area (Å²) in [4.78, 5) is -0.238. The molecule has 8 heteroatoms. The van der Waals surface area contributed by atoms with Gasteiger partial charge in [-0.2, -0.15) is 0 Å². The third-order valence-electron chi connectivity index (χ3n) is 3.13. The Labute approximate surface area is 113 Å². The van der Waals surface area contributed by atoms with Gasteiger partial charge in [-0.15, -0.1) is 0 Å². The van der Waals surface area contributed by atoms with E-state index in [-0.39, 0.29) is 21.5 Å². The molecule has 1 aliphatic carbocycles. The Morgan fingerprint density at radius 2 is 1.84 bits per heavy atom. The lowest BCUT2D eigenvalue weighted by Crippen LogP contribution is -2.39. The quantitative estimate of drug-likeness (QED) is 0.788. The van der Waals surface area contributed by atoms with E-state index in [9.17, 15) is 16.8 Å². The smallest absolute Gasteiger partial charge is 0.242 e. The van der Waals surface area contributed by atoms with Gasteiger partial charge < -0.3 is 5.73 Å². The van der Waals surface area contributed by atoms with Crippen LogP contribution < -0.4 is 10.5 Å². The maximum atomic E-state index is 12.1. The fourth-order valence-corrected chi connectivity index (χ4v) is 3.97. The molecule has 1 fully saturated rings. The monoisotopic (exact) mass is 304 g/mol. The first-order valence-electron chi connectivity index (χ1n) is 5.82. The molecule has 1 aromatic rings. The highest BCUT2D eigenvalue weighted by Crippen LogP contribution is 2.25. The van der Waals surface area contributed by atoms with Crippen molar-refractivity contribution in [1.82, 2.24) is 4.72 Å². The van der Waals surface area contributed by atoms with Gasteiger partial charge in [-0.1, -0.05) is 6.42 Å². The predicted molar refractivity (Wildman–Crippen MR) is 71.9 cm³/mol. The SMILES string of the molecule is CS(=O)(=O)c1ccc(N)c(S(=O)(=O)NC2CCC2)c1. The van der Waals surface area contributed by atoms with Crippen LogP contribution in [-0.4, -0.2) is 29.1 Å². The number of rotatable bonds is 4. The normalized spacial score (nSPS) is 17.1. The van der Waals surface area contributed by atoms with Crippen LogP contribution in [0.3, 0.4) is 0 Å². The maximum absolute atomic E-state index is 12.1. The molecule has 0 radical (unpaired) electrons. The minimum atomic E-state index is -3.77. The third kappa shape index (κ3) is 3.07. The van der Waals surface area contributed by atoms with Crippen molar-refractivity contribution in [3.05, 3.63) is 18.2 Å². The number of nitrogens with two attached hydrogens (primary N) is 1. The van der Waals surface area contributed by atoms with Gasteiger partial charge in [0.1, 0.15) is 4.90 Å². The number of nitrogen functional groups attached to an aromatic ring is 1. The van der Waals surface area contributed by atoms with Crippen LogP contribution in [0.15, 0.2) is 28.0 Å². The fraction of sp³-hybridized carbons (Fsp3) is 0.455. The molecule has 0 aromatic heterocycles. The lowest BCUT2D eigenvalue weighted by atomic mass is 9.94. The molecule has 106 valence electrons. The number of nitrogens with one attached hydrogen (secondary N) is 1. The van der Waals surface area contributed by atoms with Crippen molar-refractivity contribution in [1.29, 1.82) is 0 Å². The highest BCUT2D eigenvalue weighted by molar-refractivity contribution is 7.91. The molecular weight excluding hydrogens is 288 g/mol. The van der Waals surface area contributed by atoms with E-state index in [0.29, 0.717) is 0 Å². The molecule has 0 aliphatic heterocycles. The van der Waals surface area contributed by atoms with Crippen molar-refractivity contribution in [3.8, 4) is 0 Å². The zero-order valence-electron chi connectivity index (χ0n) is 10.5. The van der Waals surface area contributed by atoms with Gasteiger partial charge in [-0.3, -0.25) is 0 Å². The van der Waals surface area contributed by atoms with E-state index < -0.39 is 19.9 Å². The summed E-state index contributed by atoms with van der Waals surface area (Å²) in [6, 6.07) is 3.62. The molecule has 0 spiro atoms. The summed E-state index contributed by atoms with van der Waals surface area (Å²) in [7, 11) is -7.24. The van der Waals surface area contributed by atoms with Crippen LogP contribution in [0.25, 0.3) is 0 Å². The highest BCUT2D eigenvalue weighted by Gasteiger charge is 2.27. The second kappa shape index (κ2) is 4.77. The van der Waals surface area contributed by atoms with E-state index in [0.717, 1.165) is 31.6 Å². The van der Waals surface area contributed by atoms with Crippen molar-refractivity contribution < 1.29 is 16.8 Å². The van der Waals surface area contributed by atoms with Gasteiger partial charge in [-0.05, 0) is 31.0 Å². The third-order valence-corrected chi connectivity index (χ3v) is 5.82. The summed E-state index contributed by atoms with van der Waals surface area (Å²) in [5, 5.41) is 0. The molecule has 1 aromatic carbocycles. The van der Waals surface area contributed by atoms with Gasteiger partial charge in [0, 0.05) is 12.3 Å². The Bertz CT molecular complexity index is 691. The van der Waals surface area contributed by atoms with Crippen LogP contribution in [0.5, 0.6) is 0 Å². The van der Waals surface area contributed by atoms with Gasteiger partial charge >= 0.3 is 0 Å². The number of sulfonamides is 1. The van der Waals surface area contributed by atoms with Crippen LogP contribution >= 0.6 is 0 Å². The first kappa shape index (κ1) is 14.3. The van der Waals surface area contributed by atoms with Crippen molar-refractivity contribution in [2.24, 2.45) is 0 Å². The summed E-state index contributed by atoms with van der Waals surface area (Å²) in [6.07, 6.45) is 3.61. The Kier molecular flexibility index (Phi) is 3.59. The molecule has 0 bridgehead atoms. The van der Waals surface area contributed by atoms with Gasteiger partial charge in [0.05, 0.1) is 10.6 Å². The molecule has 1 saturated carbocycles. The second-order valence-electron chi connectivity index (χ2n) is 4.72. The van der Waals surface area contributed by atoms with Crippen LogP contribution in [-0.2, 0) is 19.9 Å². The molecular formula is C11H16N2O4S2. The number of anilines is 1. The summed E-state index contributed by atoms with van der Waals surface area (Å²) >= 11 is 0. The fourth-order valence-electron chi connectivity index (χ4n) is 1.79. The zero-order chi connectivity index (χ0) is 14.3. The molecule has 1 aliphatic rings. The summed E-state index contributed by atoms with van der Waals surface area (Å²) in [5.74, 6) is 0. The molecule has 0 heterocycles. The first-order chi connectivity index (χ1) is 8.70. The number of benzene rings is 1. The topological polar surface area (TPSA) is 106 Å². The van der Waals surface area contributed by atoms with Gasteiger partial charge in [-0.25, -0.2) is 21.6 Å². The minimum Gasteiger partial charge on any atom is -0.398 e. The summed E-state index contributed by atoms with van der Waals surface area (Å²) < 4.78 is 49.7. The van der Waals surface area contributed by atoms with Crippen LogP contribution in [0.4, 0.5) is 5.69 Å². The molecule has 0 atom stereocenters. The lowest BCUT2D eigenvalue weighted by Gasteiger charge is -2.26. The van der Waals surface area contributed by atoms with Gasteiger partial charge in [0.15, 0.2) is 9.84 Å². The zero-order valence-corrected chi connectivity index (χ0v) is 12.1. The molecule has 3 N–H and O–H groups in total. The van der Waals surface area contributed by atoms with Crippen LogP contribution in [0.1, 0.15) is 19.3 Å². The molecule has 19 heavy (non-hydrogen) atoms. The van der Waals surface area contributed by atoms with E-state index >= 15 is 0 Å². The standard InChI is InChI=1S/C11H16N2O4S2/c1-18(14,15)9-5-6-10(12)11(7-9)19(16,17)13-8-3-2-4-8/h5-8,13H,2-4,12H2,1H3. The van der Waals surface area contributed by atoms with Crippen molar-refractivity contribution in [3.63, 3.8) is 0 Å². The summed E-state index contributed by atoms with van der Waals surface area (Å²) in [5.41, 5.74) is 5.68. The Morgan fingerprint density at radius 3 is 2.32 bits per heavy atom. The van der Waals surface area contributed by atoms with Crippen molar-refractivity contribution in [2.75, 3.05) is 12.0 Å². The molecule has 0 saturated heterocycles. The van der Waals surface area contributed by atoms with Crippen LogP contribution in [0.2, 0.25) is 0 Å². The largest absolute Gasteiger partial charge is 0.398 e. The highest BCUT2D eigenvalue weighted by atomic mass is 32.2. The number of hydrogen-bond acceptors (Lipinski definition) is 5. The number of sulfone groups is 1. The molecule has 0 amide bonds. The van der Waals surface area contributed by atoms with E-state index in [1.54, 1.807) is 0 Å². The maximum Gasteiger partial charge on any atom is 0.242 e. The lowest BCUT2D eigenvalue weighted by molar-refractivity contribution is 0.383. The van der Waals surface area contributed by atoms with Crippen molar-refractivity contribution in [2.45, 2.75) is 35.1 Å². The molecule has 6 nitrogen and oxygen atoms in total. The summed E-state index contributed by atoms with van der Waals surface area (Å²) in [6.45, 7) is 0. The average molecular weight is 304 g/mol. The molecule has 2 rings (SSSR count). The number of hydrogen-bond donors (Lipinski definition) is 2. The Balaban J connectivity index is 2.43. The van der Waals surface area contributed by atoms with E-state index in [1.807, 2.05) is 0 Å².